The van der Waals surface area contributed by atoms with Crippen molar-refractivity contribution in [3.05, 3.63) is 51.9 Å². The first-order valence-electron chi connectivity index (χ1n) is 6.62. The van der Waals surface area contributed by atoms with Crippen molar-refractivity contribution < 1.29 is 4.79 Å². The van der Waals surface area contributed by atoms with Gasteiger partial charge in [0.05, 0.1) is 32.3 Å². The smallest absolute Gasteiger partial charge is 0.260 e. The second-order valence-electron chi connectivity index (χ2n) is 4.70. The highest BCUT2D eigenvalue weighted by Crippen LogP contribution is 2.21. The highest BCUT2D eigenvalue weighted by molar-refractivity contribution is 7.18. The Morgan fingerprint density at radius 1 is 1.36 bits per heavy atom. The summed E-state index contributed by atoms with van der Waals surface area (Å²) in [5, 5.41) is 4.10. The summed E-state index contributed by atoms with van der Waals surface area (Å²) in [6.07, 6.45) is 1.65. The SMILES string of the molecule is C/C(=N\NC(=O)Cn1cnc2ccccc21)c1ccc(Cl)s1. The van der Waals surface area contributed by atoms with Crippen molar-refractivity contribution in [2.45, 2.75) is 13.5 Å². The zero-order valence-electron chi connectivity index (χ0n) is 11.8. The molecule has 2 aromatic heterocycles. The summed E-state index contributed by atoms with van der Waals surface area (Å²) >= 11 is 7.31. The van der Waals surface area contributed by atoms with Gasteiger partial charge in [0.1, 0.15) is 6.54 Å². The lowest BCUT2D eigenvalue weighted by molar-refractivity contribution is -0.121. The topological polar surface area (TPSA) is 59.3 Å². The van der Waals surface area contributed by atoms with Crippen molar-refractivity contribution in [3.63, 3.8) is 0 Å². The molecule has 0 unspecified atom stereocenters. The van der Waals surface area contributed by atoms with Crippen molar-refractivity contribution in [1.29, 1.82) is 0 Å². The van der Waals surface area contributed by atoms with E-state index >= 15 is 0 Å². The number of carbonyl (C=O) groups excluding carboxylic acids is 1. The molecule has 0 spiro atoms. The van der Waals surface area contributed by atoms with Crippen molar-refractivity contribution in [1.82, 2.24) is 15.0 Å². The van der Waals surface area contributed by atoms with Crippen molar-refractivity contribution in [3.8, 4) is 0 Å². The molecule has 0 aliphatic carbocycles. The van der Waals surface area contributed by atoms with Crippen LogP contribution < -0.4 is 5.43 Å². The standard InChI is InChI=1S/C15H13ClN4OS/c1-10(13-6-7-14(16)22-13)18-19-15(21)8-20-9-17-11-4-2-3-5-12(11)20/h2-7,9H,8H2,1H3,(H,19,21)/b18-10+. The fourth-order valence-electron chi connectivity index (χ4n) is 2.04. The molecule has 1 aromatic carbocycles. The van der Waals surface area contributed by atoms with E-state index in [1.54, 1.807) is 17.0 Å². The molecular formula is C15H13ClN4OS. The maximum Gasteiger partial charge on any atom is 0.260 e. The number of fused-ring (bicyclic) bond motifs is 1. The third-order valence-corrected chi connectivity index (χ3v) is 4.46. The van der Waals surface area contributed by atoms with E-state index in [4.69, 9.17) is 11.6 Å². The first-order chi connectivity index (χ1) is 10.6. The molecule has 0 atom stereocenters. The third-order valence-electron chi connectivity index (χ3n) is 3.12. The molecule has 2 heterocycles. The number of hydrogen-bond donors (Lipinski definition) is 1. The van der Waals surface area contributed by atoms with Gasteiger partial charge in [0.2, 0.25) is 0 Å². The Kier molecular flexibility index (Phi) is 4.22. The van der Waals surface area contributed by atoms with Crippen LogP contribution in [0.15, 0.2) is 47.8 Å². The Balaban J connectivity index is 1.68. The number of nitrogens with one attached hydrogen (secondary N) is 1. The Morgan fingerprint density at radius 2 is 2.18 bits per heavy atom. The van der Waals surface area contributed by atoms with Crippen molar-refractivity contribution in [2.24, 2.45) is 5.10 Å². The summed E-state index contributed by atoms with van der Waals surface area (Å²) in [6, 6.07) is 11.4. The lowest BCUT2D eigenvalue weighted by Gasteiger charge is -2.03. The fourth-order valence-corrected chi connectivity index (χ4v) is 3.02. The molecule has 5 nitrogen and oxygen atoms in total. The zero-order valence-corrected chi connectivity index (χ0v) is 13.4. The maximum atomic E-state index is 12.0. The van der Waals surface area contributed by atoms with E-state index in [9.17, 15) is 4.79 Å². The van der Waals surface area contributed by atoms with Crippen molar-refractivity contribution in [2.75, 3.05) is 0 Å². The van der Waals surface area contributed by atoms with E-state index < -0.39 is 0 Å². The van der Waals surface area contributed by atoms with Gasteiger partial charge < -0.3 is 4.57 Å². The van der Waals surface area contributed by atoms with Crippen LogP contribution in [0.25, 0.3) is 11.0 Å². The largest absolute Gasteiger partial charge is 0.321 e. The molecule has 0 aliphatic heterocycles. The van der Waals surface area contributed by atoms with Gasteiger partial charge in [0.25, 0.3) is 5.91 Å². The second kappa shape index (κ2) is 6.29. The van der Waals surface area contributed by atoms with Gasteiger partial charge in [-0.25, -0.2) is 10.4 Å². The van der Waals surface area contributed by atoms with Crippen LogP contribution in [0, 0.1) is 0 Å². The summed E-state index contributed by atoms with van der Waals surface area (Å²) in [7, 11) is 0. The van der Waals surface area contributed by atoms with E-state index in [-0.39, 0.29) is 12.5 Å². The highest BCUT2D eigenvalue weighted by Gasteiger charge is 2.07. The van der Waals surface area contributed by atoms with Gasteiger partial charge in [-0.05, 0) is 31.2 Å². The summed E-state index contributed by atoms with van der Waals surface area (Å²) in [4.78, 5) is 17.2. The first kappa shape index (κ1) is 14.7. The quantitative estimate of drug-likeness (QED) is 0.588. The average Bonchev–Trinajstić information content (AvgIpc) is 3.12. The number of hydrogen-bond acceptors (Lipinski definition) is 4. The van der Waals surface area contributed by atoms with E-state index in [1.807, 2.05) is 37.3 Å². The second-order valence-corrected chi connectivity index (χ2v) is 6.41. The molecular weight excluding hydrogens is 320 g/mol. The zero-order chi connectivity index (χ0) is 15.5. The fraction of sp³-hybridized carbons (Fsp3) is 0.133. The Morgan fingerprint density at radius 3 is 2.95 bits per heavy atom. The van der Waals surface area contributed by atoms with Crippen LogP contribution in [-0.4, -0.2) is 21.2 Å². The summed E-state index contributed by atoms with van der Waals surface area (Å²) in [5.74, 6) is -0.204. The summed E-state index contributed by atoms with van der Waals surface area (Å²) in [5.41, 5.74) is 5.06. The van der Waals surface area contributed by atoms with Crippen LogP contribution in [0.4, 0.5) is 0 Å². The van der Waals surface area contributed by atoms with E-state index in [0.717, 1.165) is 21.6 Å². The number of rotatable bonds is 4. The van der Waals surface area contributed by atoms with Crippen LogP contribution in [0.5, 0.6) is 0 Å². The lowest BCUT2D eigenvalue weighted by Crippen LogP contribution is -2.23. The Hall–Kier alpha value is -2.18. The number of halogens is 1. The van der Waals surface area contributed by atoms with Crippen LogP contribution in [0.2, 0.25) is 4.34 Å². The Bertz CT molecular complexity index is 852. The van der Waals surface area contributed by atoms with Crippen LogP contribution in [0.3, 0.4) is 0 Å². The molecule has 112 valence electrons. The van der Waals surface area contributed by atoms with Crippen LogP contribution in [0.1, 0.15) is 11.8 Å². The molecule has 22 heavy (non-hydrogen) atoms. The minimum atomic E-state index is -0.204. The summed E-state index contributed by atoms with van der Waals surface area (Å²) < 4.78 is 2.48. The molecule has 1 N–H and O–H groups in total. The molecule has 3 aromatic rings. The van der Waals surface area contributed by atoms with E-state index in [2.05, 4.69) is 15.5 Å². The van der Waals surface area contributed by atoms with E-state index in [1.165, 1.54) is 11.3 Å². The summed E-state index contributed by atoms with van der Waals surface area (Å²) in [6.45, 7) is 2.00. The normalized spacial score (nSPS) is 11.8. The molecule has 0 fully saturated rings. The van der Waals surface area contributed by atoms with Gasteiger partial charge in [-0.3, -0.25) is 4.79 Å². The van der Waals surface area contributed by atoms with Gasteiger partial charge in [0, 0.05) is 0 Å². The number of carbonyl (C=O) groups is 1. The van der Waals surface area contributed by atoms with Gasteiger partial charge in [-0.15, -0.1) is 11.3 Å². The molecule has 7 heteroatoms. The predicted octanol–water partition coefficient (Wildman–Crippen LogP) is 3.29. The monoisotopic (exact) mass is 332 g/mol. The number of nitrogens with zero attached hydrogens (tertiary/aromatic N) is 3. The number of para-hydroxylation sites is 2. The number of imidazole rings is 1. The minimum Gasteiger partial charge on any atom is -0.321 e. The Labute approximate surface area is 136 Å². The minimum absolute atomic E-state index is 0.169. The van der Waals surface area contributed by atoms with Crippen LogP contribution in [-0.2, 0) is 11.3 Å². The maximum absolute atomic E-state index is 12.0. The van der Waals surface area contributed by atoms with E-state index in [0.29, 0.717) is 4.34 Å². The molecule has 1 amide bonds. The molecule has 0 bridgehead atoms. The third kappa shape index (κ3) is 3.18. The molecule has 0 radical (unpaired) electrons. The number of amides is 1. The first-order valence-corrected chi connectivity index (χ1v) is 7.81. The van der Waals surface area contributed by atoms with Crippen LogP contribution >= 0.6 is 22.9 Å². The predicted molar refractivity (Wildman–Crippen MR) is 89.4 cm³/mol. The molecule has 0 aliphatic rings. The number of thiophene rings is 1. The number of benzene rings is 1. The van der Waals surface area contributed by atoms with Gasteiger partial charge in [0.15, 0.2) is 0 Å². The van der Waals surface area contributed by atoms with Gasteiger partial charge >= 0.3 is 0 Å². The lowest BCUT2D eigenvalue weighted by atomic mass is 10.3. The van der Waals surface area contributed by atoms with Gasteiger partial charge in [-0.1, -0.05) is 23.7 Å². The van der Waals surface area contributed by atoms with Gasteiger partial charge in [-0.2, -0.15) is 5.10 Å². The average molecular weight is 333 g/mol. The number of aromatic nitrogens is 2. The molecule has 0 saturated carbocycles. The highest BCUT2D eigenvalue weighted by atomic mass is 35.5. The van der Waals surface area contributed by atoms with Crippen molar-refractivity contribution >= 4 is 45.6 Å². The molecule has 0 saturated heterocycles. The number of hydrazone groups is 1. The molecule has 3 rings (SSSR count).